The number of thioether (sulfide) groups is 2. The lowest BCUT2D eigenvalue weighted by atomic mass is 9.67. The van der Waals surface area contributed by atoms with E-state index in [0.717, 1.165) is 12.2 Å². The third-order valence-electron chi connectivity index (χ3n) is 3.53. The zero-order valence-electron chi connectivity index (χ0n) is 8.87. The van der Waals surface area contributed by atoms with Crippen molar-refractivity contribution in [2.24, 2.45) is 5.41 Å². The van der Waals surface area contributed by atoms with Crippen LogP contribution in [0.1, 0.15) is 32.6 Å². The Labute approximate surface area is 95.4 Å². The lowest BCUT2D eigenvalue weighted by molar-refractivity contribution is 0.0566. The molecule has 3 heteroatoms. The lowest BCUT2D eigenvalue weighted by Crippen LogP contribution is -2.37. The third-order valence-corrected chi connectivity index (χ3v) is 6.44. The van der Waals surface area contributed by atoms with Gasteiger partial charge in [0.1, 0.15) is 0 Å². The Kier molecular flexibility index (Phi) is 3.72. The molecule has 0 amide bonds. The Morgan fingerprint density at radius 2 is 2.21 bits per heavy atom. The minimum atomic E-state index is -0.0573. The van der Waals surface area contributed by atoms with E-state index in [2.05, 4.69) is 6.92 Å². The normalized spacial score (nSPS) is 33.4. The maximum atomic E-state index is 10.1. The van der Waals surface area contributed by atoms with Gasteiger partial charge in [-0.15, -0.1) is 0 Å². The van der Waals surface area contributed by atoms with E-state index in [1.807, 2.05) is 23.5 Å². The highest BCUT2D eigenvalue weighted by atomic mass is 32.2. The molecular weight excluding hydrogens is 212 g/mol. The second kappa shape index (κ2) is 4.67. The van der Waals surface area contributed by atoms with E-state index in [1.54, 1.807) is 0 Å². The number of aliphatic hydroxyl groups is 1. The minimum absolute atomic E-state index is 0.0573. The van der Waals surface area contributed by atoms with Crippen molar-refractivity contribution in [3.8, 4) is 0 Å². The average molecular weight is 232 g/mol. The summed E-state index contributed by atoms with van der Waals surface area (Å²) in [5.74, 6) is 3.65. The Hall–Kier alpha value is 0.660. The summed E-state index contributed by atoms with van der Waals surface area (Å²) in [4.78, 5) is 0. The second-order valence-corrected chi connectivity index (χ2v) is 7.42. The SMILES string of the molecule is CC1(CC(O)C2CSCCS2)CCC1. The van der Waals surface area contributed by atoms with E-state index in [4.69, 9.17) is 0 Å². The van der Waals surface area contributed by atoms with Gasteiger partial charge in [0.2, 0.25) is 0 Å². The molecule has 2 unspecified atom stereocenters. The first kappa shape index (κ1) is 11.2. The maximum Gasteiger partial charge on any atom is 0.0672 e. The summed E-state index contributed by atoms with van der Waals surface area (Å²) in [6.07, 6.45) is 5.00. The first-order valence-electron chi connectivity index (χ1n) is 5.57. The van der Waals surface area contributed by atoms with Crippen LogP contribution in [0.4, 0.5) is 0 Å². The van der Waals surface area contributed by atoms with Crippen molar-refractivity contribution in [1.82, 2.24) is 0 Å². The van der Waals surface area contributed by atoms with Crippen LogP contribution in [0.25, 0.3) is 0 Å². The molecule has 1 aliphatic carbocycles. The van der Waals surface area contributed by atoms with Gasteiger partial charge in [-0.1, -0.05) is 13.3 Å². The van der Waals surface area contributed by atoms with E-state index in [0.29, 0.717) is 10.7 Å². The molecule has 1 N–H and O–H groups in total. The Morgan fingerprint density at radius 1 is 1.43 bits per heavy atom. The van der Waals surface area contributed by atoms with Gasteiger partial charge < -0.3 is 5.11 Å². The van der Waals surface area contributed by atoms with Crippen molar-refractivity contribution in [1.29, 1.82) is 0 Å². The lowest BCUT2D eigenvalue weighted by Gasteiger charge is -2.41. The van der Waals surface area contributed by atoms with Gasteiger partial charge in [-0.05, 0) is 24.7 Å². The van der Waals surface area contributed by atoms with Crippen molar-refractivity contribution in [2.75, 3.05) is 17.3 Å². The van der Waals surface area contributed by atoms with Crippen LogP contribution in [0.5, 0.6) is 0 Å². The molecule has 0 spiro atoms. The summed E-state index contributed by atoms with van der Waals surface area (Å²) >= 11 is 3.98. The molecule has 2 atom stereocenters. The zero-order chi connectivity index (χ0) is 10.0. The van der Waals surface area contributed by atoms with Gasteiger partial charge in [-0.3, -0.25) is 0 Å². The zero-order valence-corrected chi connectivity index (χ0v) is 10.5. The molecule has 0 bridgehead atoms. The fourth-order valence-corrected chi connectivity index (χ4v) is 5.12. The topological polar surface area (TPSA) is 20.2 Å². The molecule has 1 saturated heterocycles. The van der Waals surface area contributed by atoms with Crippen molar-refractivity contribution in [3.63, 3.8) is 0 Å². The summed E-state index contributed by atoms with van der Waals surface area (Å²) in [5.41, 5.74) is 0.474. The Balaban J connectivity index is 1.78. The molecule has 1 heterocycles. The first-order chi connectivity index (χ1) is 6.70. The van der Waals surface area contributed by atoms with E-state index < -0.39 is 0 Å². The molecule has 1 aliphatic heterocycles. The number of hydrogen-bond acceptors (Lipinski definition) is 3. The van der Waals surface area contributed by atoms with Crippen LogP contribution in [0.2, 0.25) is 0 Å². The van der Waals surface area contributed by atoms with Crippen LogP contribution in [0.3, 0.4) is 0 Å². The van der Waals surface area contributed by atoms with E-state index in [-0.39, 0.29) is 6.10 Å². The average Bonchev–Trinajstić information content (AvgIpc) is 2.17. The number of hydrogen-bond donors (Lipinski definition) is 1. The van der Waals surface area contributed by atoms with Crippen LogP contribution in [-0.4, -0.2) is 33.7 Å². The van der Waals surface area contributed by atoms with Gasteiger partial charge in [-0.25, -0.2) is 0 Å². The Bertz CT molecular complexity index is 186. The van der Waals surface area contributed by atoms with Crippen LogP contribution in [0.15, 0.2) is 0 Å². The summed E-state index contributed by atoms with van der Waals surface area (Å²) in [6, 6.07) is 0. The monoisotopic (exact) mass is 232 g/mol. The fraction of sp³-hybridized carbons (Fsp3) is 1.00. The predicted octanol–water partition coefficient (Wildman–Crippen LogP) is 2.78. The van der Waals surface area contributed by atoms with Crippen molar-refractivity contribution < 1.29 is 5.11 Å². The quantitative estimate of drug-likeness (QED) is 0.808. The highest BCUT2D eigenvalue weighted by molar-refractivity contribution is 8.06. The molecule has 2 fully saturated rings. The van der Waals surface area contributed by atoms with E-state index in [1.165, 1.54) is 30.8 Å². The first-order valence-corrected chi connectivity index (χ1v) is 7.77. The van der Waals surface area contributed by atoms with Gasteiger partial charge in [0.15, 0.2) is 0 Å². The summed E-state index contributed by atoms with van der Waals surface area (Å²) in [5, 5.41) is 10.6. The molecule has 82 valence electrons. The molecule has 2 rings (SSSR count). The number of rotatable bonds is 3. The largest absolute Gasteiger partial charge is 0.392 e. The van der Waals surface area contributed by atoms with Crippen molar-refractivity contribution in [2.45, 2.75) is 44.0 Å². The van der Waals surface area contributed by atoms with Crippen LogP contribution in [-0.2, 0) is 0 Å². The molecule has 0 radical (unpaired) electrons. The fourth-order valence-electron chi connectivity index (χ4n) is 2.35. The second-order valence-electron chi connectivity index (χ2n) is 4.92. The molecular formula is C11H20OS2. The Morgan fingerprint density at radius 3 is 2.71 bits per heavy atom. The van der Waals surface area contributed by atoms with Gasteiger partial charge in [-0.2, -0.15) is 23.5 Å². The van der Waals surface area contributed by atoms with Gasteiger partial charge in [0.05, 0.1) is 6.10 Å². The van der Waals surface area contributed by atoms with E-state index >= 15 is 0 Å². The van der Waals surface area contributed by atoms with Crippen molar-refractivity contribution >= 4 is 23.5 Å². The molecule has 0 aromatic heterocycles. The molecule has 0 aromatic rings. The van der Waals surface area contributed by atoms with Gasteiger partial charge >= 0.3 is 0 Å². The van der Waals surface area contributed by atoms with Crippen LogP contribution < -0.4 is 0 Å². The highest BCUT2D eigenvalue weighted by Crippen LogP contribution is 2.45. The van der Waals surface area contributed by atoms with Gasteiger partial charge in [0.25, 0.3) is 0 Å². The van der Waals surface area contributed by atoms with Crippen LogP contribution in [0, 0.1) is 5.41 Å². The van der Waals surface area contributed by atoms with Gasteiger partial charge in [0, 0.05) is 22.5 Å². The predicted molar refractivity (Wildman–Crippen MR) is 66.2 cm³/mol. The standard InChI is InChI=1S/C11H20OS2/c1-11(3-2-4-11)7-9(12)10-8-13-5-6-14-10/h9-10,12H,2-8H2,1H3. The molecule has 1 saturated carbocycles. The molecule has 0 aromatic carbocycles. The maximum absolute atomic E-state index is 10.1. The molecule has 2 aliphatic rings. The third kappa shape index (κ3) is 2.61. The minimum Gasteiger partial charge on any atom is -0.392 e. The highest BCUT2D eigenvalue weighted by Gasteiger charge is 2.36. The molecule has 1 nitrogen and oxygen atoms in total. The summed E-state index contributed by atoms with van der Waals surface area (Å²) < 4.78 is 0. The van der Waals surface area contributed by atoms with Crippen LogP contribution >= 0.6 is 23.5 Å². The summed E-state index contributed by atoms with van der Waals surface area (Å²) in [6.45, 7) is 2.33. The van der Waals surface area contributed by atoms with Crippen molar-refractivity contribution in [3.05, 3.63) is 0 Å². The summed E-state index contributed by atoms with van der Waals surface area (Å²) in [7, 11) is 0. The van der Waals surface area contributed by atoms with E-state index in [9.17, 15) is 5.11 Å². The number of aliphatic hydroxyl groups excluding tert-OH is 1. The molecule has 14 heavy (non-hydrogen) atoms. The smallest absolute Gasteiger partial charge is 0.0672 e.